The van der Waals surface area contributed by atoms with Crippen molar-refractivity contribution in [1.82, 2.24) is 4.90 Å². The topological polar surface area (TPSA) is 37.4 Å². The van der Waals surface area contributed by atoms with Gasteiger partial charge in [0.25, 0.3) is 11.8 Å². The molecule has 0 spiro atoms. The van der Waals surface area contributed by atoms with E-state index in [2.05, 4.69) is 0 Å². The highest BCUT2D eigenvalue weighted by molar-refractivity contribution is 6.21. The lowest BCUT2D eigenvalue weighted by Crippen LogP contribution is -2.31. The number of carbonyl (C=O) groups excluding carboxylic acids is 2. The molecule has 0 N–H and O–H groups in total. The van der Waals surface area contributed by atoms with E-state index in [1.54, 1.807) is 24.3 Å². The smallest absolute Gasteiger partial charge is 0.261 e. The average Bonchev–Trinajstić information content (AvgIpc) is 2.71. The van der Waals surface area contributed by atoms with Gasteiger partial charge in [-0.15, -0.1) is 0 Å². The van der Waals surface area contributed by atoms with Gasteiger partial charge in [-0.25, -0.2) is 0 Å². The molecule has 0 atom stereocenters. The molecule has 1 heterocycles. The molecule has 3 heteroatoms. The first kappa shape index (κ1) is 12.6. The third-order valence-corrected chi connectivity index (χ3v) is 3.74. The number of amides is 2. The summed E-state index contributed by atoms with van der Waals surface area (Å²) in [6.45, 7) is 2.47. The molecule has 0 bridgehead atoms. The van der Waals surface area contributed by atoms with Crippen LogP contribution in [0.25, 0.3) is 0 Å². The summed E-state index contributed by atoms with van der Waals surface area (Å²) in [6, 6.07) is 15.0. The molecule has 0 saturated carbocycles. The number of benzene rings is 2. The van der Waals surface area contributed by atoms with E-state index in [-0.39, 0.29) is 11.8 Å². The normalized spacial score (nSPS) is 13.8. The van der Waals surface area contributed by atoms with Gasteiger partial charge in [-0.2, -0.15) is 0 Å². The Morgan fingerprint density at radius 1 is 0.850 bits per heavy atom. The monoisotopic (exact) mass is 265 g/mol. The summed E-state index contributed by atoms with van der Waals surface area (Å²) in [4.78, 5) is 25.8. The number of hydrogen-bond acceptors (Lipinski definition) is 2. The van der Waals surface area contributed by atoms with Crippen molar-refractivity contribution in [1.29, 1.82) is 0 Å². The van der Waals surface area contributed by atoms with Gasteiger partial charge >= 0.3 is 0 Å². The zero-order valence-corrected chi connectivity index (χ0v) is 11.3. The van der Waals surface area contributed by atoms with Crippen LogP contribution in [-0.4, -0.2) is 23.3 Å². The fourth-order valence-electron chi connectivity index (χ4n) is 2.57. The van der Waals surface area contributed by atoms with Gasteiger partial charge in [0.15, 0.2) is 0 Å². The van der Waals surface area contributed by atoms with Crippen molar-refractivity contribution in [3.63, 3.8) is 0 Å². The summed E-state index contributed by atoms with van der Waals surface area (Å²) in [5.41, 5.74) is 3.39. The maximum absolute atomic E-state index is 12.2. The molecule has 2 aromatic rings. The predicted molar refractivity (Wildman–Crippen MR) is 76.7 cm³/mol. The fraction of sp³-hybridized carbons (Fsp3) is 0.176. The molecule has 3 rings (SSSR count). The van der Waals surface area contributed by atoms with Crippen LogP contribution in [0.4, 0.5) is 0 Å². The Morgan fingerprint density at radius 2 is 1.40 bits per heavy atom. The van der Waals surface area contributed by atoms with Gasteiger partial charge in [0.05, 0.1) is 11.1 Å². The van der Waals surface area contributed by atoms with Crippen LogP contribution in [0.5, 0.6) is 0 Å². The van der Waals surface area contributed by atoms with Crippen LogP contribution in [-0.2, 0) is 6.42 Å². The van der Waals surface area contributed by atoms with E-state index >= 15 is 0 Å². The van der Waals surface area contributed by atoms with Crippen molar-refractivity contribution in [3.8, 4) is 0 Å². The van der Waals surface area contributed by atoms with Crippen LogP contribution < -0.4 is 0 Å². The summed E-state index contributed by atoms with van der Waals surface area (Å²) < 4.78 is 0. The molecule has 0 saturated heterocycles. The number of hydrogen-bond donors (Lipinski definition) is 0. The number of aryl methyl sites for hydroxylation is 1. The molecule has 1 aliphatic rings. The van der Waals surface area contributed by atoms with Crippen molar-refractivity contribution in [3.05, 3.63) is 70.8 Å². The van der Waals surface area contributed by atoms with Crippen LogP contribution in [0.1, 0.15) is 31.8 Å². The maximum Gasteiger partial charge on any atom is 0.261 e. The van der Waals surface area contributed by atoms with E-state index < -0.39 is 0 Å². The van der Waals surface area contributed by atoms with Crippen molar-refractivity contribution < 1.29 is 9.59 Å². The van der Waals surface area contributed by atoms with Gasteiger partial charge < -0.3 is 0 Å². The second kappa shape index (κ2) is 4.93. The summed E-state index contributed by atoms with van der Waals surface area (Å²) >= 11 is 0. The van der Waals surface area contributed by atoms with Gasteiger partial charge in [-0.05, 0) is 36.6 Å². The number of imide groups is 1. The molecule has 1 aliphatic heterocycles. The van der Waals surface area contributed by atoms with Gasteiger partial charge in [0.2, 0.25) is 0 Å². The van der Waals surface area contributed by atoms with Crippen LogP contribution >= 0.6 is 0 Å². The van der Waals surface area contributed by atoms with Crippen molar-refractivity contribution in [2.75, 3.05) is 6.54 Å². The lowest BCUT2D eigenvalue weighted by Gasteiger charge is -2.14. The Balaban J connectivity index is 1.79. The molecule has 0 radical (unpaired) electrons. The highest BCUT2D eigenvalue weighted by Crippen LogP contribution is 2.22. The molecule has 3 nitrogen and oxygen atoms in total. The number of nitrogens with zero attached hydrogens (tertiary/aromatic N) is 1. The first-order chi connectivity index (χ1) is 9.68. The zero-order valence-electron chi connectivity index (χ0n) is 11.3. The molecule has 0 aromatic heterocycles. The number of carbonyl (C=O) groups is 2. The van der Waals surface area contributed by atoms with Gasteiger partial charge in [-0.1, -0.05) is 36.4 Å². The second-order valence-corrected chi connectivity index (χ2v) is 4.98. The Hall–Kier alpha value is -2.42. The van der Waals surface area contributed by atoms with Gasteiger partial charge in [0.1, 0.15) is 0 Å². The van der Waals surface area contributed by atoms with E-state index in [1.165, 1.54) is 16.0 Å². The average molecular weight is 265 g/mol. The Morgan fingerprint density at radius 3 is 2.00 bits per heavy atom. The summed E-state index contributed by atoms with van der Waals surface area (Å²) in [5.74, 6) is -0.363. The summed E-state index contributed by atoms with van der Waals surface area (Å²) in [5, 5.41) is 0. The largest absolute Gasteiger partial charge is 0.274 e. The SMILES string of the molecule is Cc1ccccc1CCN1C(=O)c2ccccc2C1=O. The third-order valence-electron chi connectivity index (χ3n) is 3.74. The first-order valence-electron chi connectivity index (χ1n) is 6.68. The van der Waals surface area contributed by atoms with E-state index in [4.69, 9.17) is 0 Å². The third kappa shape index (κ3) is 2.01. The highest BCUT2D eigenvalue weighted by Gasteiger charge is 2.34. The summed E-state index contributed by atoms with van der Waals surface area (Å²) in [7, 11) is 0. The molecular weight excluding hydrogens is 250 g/mol. The second-order valence-electron chi connectivity index (χ2n) is 4.98. The molecule has 0 fully saturated rings. The fourth-order valence-corrected chi connectivity index (χ4v) is 2.57. The van der Waals surface area contributed by atoms with E-state index in [0.29, 0.717) is 24.1 Å². The number of rotatable bonds is 3. The van der Waals surface area contributed by atoms with Crippen LogP contribution in [0.3, 0.4) is 0 Å². The molecular formula is C17H15NO2. The quantitative estimate of drug-likeness (QED) is 0.800. The lowest BCUT2D eigenvalue weighted by atomic mass is 10.1. The molecule has 0 unspecified atom stereocenters. The van der Waals surface area contributed by atoms with E-state index in [9.17, 15) is 9.59 Å². The number of fused-ring (bicyclic) bond motifs is 1. The molecule has 2 amide bonds. The van der Waals surface area contributed by atoms with E-state index in [0.717, 1.165) is 0 Å². The summed E-state index contributed by atoms with van der Waals surface area (Å²) in [6.07, 6.45) is 0.693. The zero-order chi connectivity index (χ0) is 14.1. The minimum absolute atomic E-state index is 0.181. The lowest BCUT2D eigenvalue weighted by molar-refractivity contribution is 0.0656. The Kier molecular flexibility index (Phi) is 3.11. The van der Waals surface area contributed by atoms with Gasteiger partial charge in [-0.3, -0.25) is 14.5 Å². The van der Waals surface area contributed by atoms with Gasteiger partial charge in [0, 0.05) is 6.54 Å². The minimum atomic E-state index is -0.181. The Bertz CT molecular complexity index is 656. The van der Waals surface area contributed by atoms with Crippen molar-refractivity contribution in [2.45, 2.75) is 13.3 Å². The van der Waals surface area contributed by atoms with E-state index in [1.807, 2.05) is 31.2 Å². The predicted octanol–water partition coefficient (Wildman–Crippen LogP) is 2.83. The minimum Gasteiger partial charge on any atom is -0.274 e. The first-order valence-corrected chi connectivity index (χ1v) is 6.68. The molecule has 2 aromatic carbocycles. The molecule has 20 heavy (non-hydrogen) atoms. The van der Waals surface area contributed by atoms with Crippen LogP contribution in [0, 0.1) is 6.92 Å². The molecule has 0 aliphatic carbocycles. The van der Waals surface area contributed by atoms with Crippen molar-refractivity contribution >= 4 is 11.8 Å². The van der Waals surface area contributed by atoms with Crippen LogP contribution in [0.15, 0.2) is 48.5 Å². The Labute approximate surface area is 117 Å². The standard InChI is InChI=1S/C17H15NO2/c1-12-6-2-3-7-13(12)10-11-18-16(19)14-8-4-5-9-15(14)17(18)20/h2-9H,10-11H2,1H3. The highest BCUT2D eigenvalue weighted by atomic mass is 16.2. The molecule has 100 valence electrons. The van der Waals surface area contributed by atoms with Crippen LogP contribution in [0.2, 0.25) is 0 Å². The maximum atomic E-state index is 12.2. The van der Waals surface area contributed by atoms with Crippen molar-refractivity contribution in [2.24, 2.45) is 0 Å².